The number of nitrogens with two attached hydrogens (primary N) is 1. The van der Waals surface area contributed by atoms with Crippen LogP contribution in [0.3, 0.4) is 0 Å². The maximum Gasteiger partial charge on any atom is 0.246 e. The zero-order chi connectivity index (χ0) is 20.9. The van der Waals surface area contributed by atoms with Gasteiger partial charge in [0.2, 0.25) is 17.7 Å². The Bertz CT molecular complexity index is 582. The van der Waals surface area contributed by atoms with Gasteiger partial charge in [0.25, 0.3) is 0 Å². The Kier molecular flexibility index (Phi) is 10.9. The molecule has 28 heavy (non-hydrogen) atoms. The molecule has 0 unspecified atom stereocenters. The summed E-state index contributed by atoms with van der Waals surface area (Å²) in [6.07, 6.45) is 1.42. The van der Waals surface area contributed by atoms with Gasteiger partial charge in [-0.25, -0.2) is 0 Å². The molecule has 0 aromatic carbocycles. The number of halogens is 1. The first kappa shape index (κ1) is 26.5. The van der Waals surface area contributed by atoms with Crippen molar-refractivity contribution in [3.8, 4) is 0 Å². The highest BCUT2D eigenvalue weighted by atomic mass is 79.9. The Labute approximate surface area is 178 Å². The van der Waals surface area contributed by atoms with Crippen LogP contribution in [-0.4, -0.2) is 59.1 Å². The summed E-state index contributed by atoms with van der Waals surface area (Å²) in [6.45, 7) is 10.9. The van der Waals surface area contributed by atoms with Crippen molar-refractivity contribution < 1.29 is 19.2 Å². The van der Waals surface area contributed by atoms with Crippen molar-refractivity contribution in [3.05, 3.63) is 0 Å². The van der Waals surface area contributed by atoms with E-state index in [-0.39, 0.29) is 40.5 Å². The molecule has 1 aliphatic heterocycles. The van der Waals surface area contributed by atoms with Crippen molar-refractivity contribution in [2.75, 3.05) is 6.54 Å². The molecule has 0 bridgehead atoms. The van der Waals surface area contributed by atoms with E-state index in [4.69, 9.17) is 5.73 Å². The van der Waals surface area contributed by atoms with Gasteiger partial charge in [0.15, 0.2) is 5.78 Å². The van der Waals surface area contributed by atoms with E-state index in [9.17, 15) is 19.2 Å². The molecular formula is C19H35BrN4O4. The molecule has 0 aliphatic carbocycles. The Morgan fingerprint density at radius 3 is 2.00 bits per heavy atom. The van der Waals surface area contributed by atoms with Crippen LogP contribution in [0.15, 0.2) is 0 Å². The predicted octanol–water partition coefficient (Wildman–Crippen LogP) is 0.773. The summed E-state index contributed by atoms with van der Waals surface area (Å²) in [5.74, 6) is -1.37. The summed E-state index contributed by atoms with van der Waals surface area (Å²) in [6, 6.07) is -2.70. The lowest BCUT2D eigenvalue weighted by atomic mass is 10.0. The molecule has 162 valence electrons. The van der Waals surface area contributed by atoms with E-state index in [1.165, 1.54) is 6.92 Å². The fraction of sp³-hybridized carbons (Fsp3) is 0.789. The normalized spacial score (nSPS) is 19.6. The molecule has 4 N–H and O–H groups in total. The second kappa shape index (κ2) is 11.5. The van der Waals surface area contributed by atoms with Gasteiger partial charge in [-0.15, -0.1) is 17.0 Å². The van der Waals surface area contributed by atoms with Crippen molar-refractivity contribution in [1.82, 2.24) is 15.5 Å². The van der Waals surface area contributed by atoms with Crippen molar-refractivity contribution in [2.24, 2.45) is 17.6 Å². The Balaban J connectivity index is 0.00000729. The molecule has 0 saturated carbocycles. The maximum absolute atomic E-state index is 12.9. The van der Waals surface area contributed by atoms with Gasteiger partial charge in [-0.3, -0.25) is 19.2 Å². The third-order valence-electron chi connectivity index (χ3n) is 5.01. The maximum atomic E-state index is 12.9. The van der Waals surface area contributed by atoms with Crippen molar-refractivity contribution in [1.29, 1.82) is 0 Å². The average molecular weight is 463 g/mol. The van der Waals surface area contributed by atoms with Crippen LogP contribution in [0, 0.1) is 11.8 Å². The molecule has 8 nitrogen and oxygen atoms in total. The van der Waals surface area contributed by atoms with Crippen LogP contribution in [-0.2, 0) is 19.2 Å². The first-order chi connectivity index (χ1) is 12.5. The van der Waals surface area contributed by atoms with E-state index in [1.54, 1.807) is 11.8 Å². The molecule has 4 atom stereocenters. The fourth-order valence-corrected chi connectivity index (χ4v) is 3.10. The Morgan fingerprint density at radius 2 is 1.54 bits per heavy atom. The lowest BCUT2D eigenvalue weighted by molar-refractivity contribution is -0.141. The van der Waals surface area contributed by atoms with Crippen LogP contribution >= 0.6 is 17.0 Å². The largest absolute Gasteiger partial charge is 0.343 e. The molecule has 1 rings (SSSR count). The summed E-state index contributed by atoms with van der Waals surface area (Å²) in [5, 5.41) is 5.31. The van der Waals surface area contributed by atoms with Gasteiger partial charge in [-0.1, -0.05) is 27.7 Å². The second-order valence-electron chi connectivity index (χ2n) is 8.03. The van der Waals surface area contributed by atoms with E-state index in [0.29, 0.717) is 13.0 Å². The zero-order valence-electron chi connectivity index (χ0n) is 17.7. The summed E-state index contributed by atoms with van der Waals surface area (Å²) in [7, 11) is 0. The van der Waals surface area contributed by atoms with E-state index in [1.807, 2.05) is 27.7 Å². The van der Waals surface area contributed by atoms with Crippen LogP contribution in [0.25, 0.3) is 0 Å². The van der Waals surface area contributed by atoms with Gasteiger partial charge >= 0.3 is 0 Å². The Hall–Kier alpha value is -1.48. The quantitative estimate of drug-likeness (QED) is 0.491. The summed E-state index contributed by atoms with van der Waals surface area (Å²) in [5.41, 5.74) is 5.80. The number of amides is 3. The monoisotopic (exact) mass is 462 g/mol. The van der Waals surface area contributed by atoms with Crippen LogP contribution < -0.4 is 16.4 Å². The van der Waals surface area contributed by atoms with Gasteiger partial charge < -0.3 is 21.3 Å². The molecular weight excluding hydrogens is 428 g/mol. The highest BCUT2D eigenvalue weighted by molar-refractivity contribution is 8.93. The van der Waals surface area contributed by atoms with Gasteiger partial charge in [0.05, 0.1) is 12.1 Å². The first-order valence-electron chi connectivity index (χ1n) is 9.64. The van der Waals surface area contributed by atoms with E-state index < -0.39 is 36.0 Å². The van der Waals surface area contributed by atoms with Gasteiger partial charge in [0, 0.05) is 6.54 Å². The molecule has 1 aliphatic rings. The summed E-state index contributed by atoms with van der Waals surface area (Å²) >= 11 is 0. The van der Waals surface area contributed by atoms with Crippen molar-refractivity contribution in [2.45, 2.75) is 78.6 Å². The highest BCUT2D eigenvalue weighted by Crippen LogP contribution is 2.20. The number of carbonyl (C=O) groups is 4. The molecule has 0 radical (unpaired) electrons. The SMILES string of the molecule is Br.CC(=O)[C@@H]1CCCN1C(=O)[C@@H](NC(=O)[C@H](C)NC(=O)[C@@H](N)C(C)C)C(C)C. The standard InChI is InChI=1S/C19H34N4O4.BrH/c1-10(2)15(20)18(26)21-12(5)17(25)22-16(11(3)4)19(27)23-9-7-8-14(23)13(6)24;/h10-12,14-16H,7-9,20H2,1-6H3,(H,21,26)(H,22,25);1H/t12-,14-,15-,16-;/m0./s1. The highest BCUT2D eigenvalue weighted by Gasteiger charge is 2.37. The molecule has 1 saturated heterocycles. The molecule has 3 amide bonds. The number of nitrogens with zero attached hydrogens (tertiary/aromatic N) is 1. The van der Waals surface area contributed by atoms with Gasteiger partial charge in [-0.2, -0.15) is 0 Å². The van der Waals surface area contributed by atoms with E-state index in [0.717, 1.165) is 6.42 Å². The molecule has 1 fully saturated rings. The lowest BCUT2D eigenvalue weighted by Crippen LogP contribution is -2.58. The van der Waals surface area contributed by atoms with Gasteiger partial charge in [0.1, 0.15) is 12.1 Å². The van der Waals surface area contributed by atoms with E-state index in [2.05, 4.69) is 10.6 Å². The topological polar surface area (TPSA) is 122 Å². The first-order valence-corrected chi connectivity index (χ1v) is 9.64. The number of hydrogen-bond acceptors (Lipinski definition) is 5. The fourth-order valence-electron chi connectivity index (χ4n) is 3.10. The van der Waals surface area contributed by atoms with E-state index >= 15 is 0 Å². The summed E-state index contributed by atoms with van der Waals surface area (Å²) in [4.78, 5) is 50.8. The van der Waals surface area contributed by atoms with Crippen LogP contribution in [0.2, 0.25) is 0 Å². The minimum absolute atomic E-state index is 0. The van der Waals surface area contributed by atoms with Gasteiger partial charge in [-0.05, 0) is 38.5 Å². The molecule has 0 spiro atoms. The third kappa shape index (κ3) is 6.84. The predicted molar refractivity (Wildman–Crippen MR) is 113 cm³/mol. The number of rotatable bonds is 8. The van der Waals surface area contributed by atoms with Crippen LogP contribution in [0.5, 0.6) is 0 Å². The molecule has 1 heterocycles. The lowest BCUT2D eigenvalue weighted by Gasteiger charge is -2.31. The van der Waals surface area contributed by atoms with Crippen molar-refractivity contribution in [3.63, 3.8) is 0 Å². The van der Waals surface area contributed by atoms with Crippen LogP contribution in [0.4, 0.5) is 0 Å². The molecule has 0 aromatic rings. The smallest absolute Gasteiger partial charge is 0.246 e. The van der Waals surface area contributed by atoms with Crippen LogP contribution in [0.1, 0.15) is 54.4 Å². The molecule has 0 aromatic heterocycles. The average Bonchev–Trinajstić information content (AvgIpc) is 3.07. The minimum Gasteiger partial charge on any atom is -0.343 e. The minimum atomic E-state index is -0.821. The number of hydrogen-bond donors (Lipinski definition) is 3. The summed E-state index contributed by atoms with van der Waals surface area (Å²) < 4.78 is 0. The zero-order valence-corrected chi connectivity index (χ0v) is 19.4. The number of Topliss-reactive ketones (excluding diaryl/α,β-unsaturated/α-hetero) is 1. The number of likely N-dealkylation sites (tertiary alicyclic amines) is 1. The number of ketones is 1. The number of carbonyl (C=O) groups excluding carboxylic acids is 4. The number of nitrogens with one attached hydrogen (secondary N) is 2. The molecule has 9 heteroatoms. The second-order valence-corrected chi connectivity index (χ2v) is 8.03. The third-order valence-corrected chi connectivity index (χ3v) is 5.01. The van der Waals surface area contributed by atoms with Crippen molar-refractivity contribution >= 4 is 40.5 Å². The Morgan fingerprint density at radius 1 is 0.964 bits per heavy atom.